The van der Waals surface area contributed by atoms with Crippen molar-refractivity contribution < 1.29 is 0 Å². The predicted molar refractivity (Wildman–Crippen MR) is 90.7 cm³/mol. The maximum Gasteiger partial charge on any atom is 0.0406 e. The summed E-state index contributed by atoms with van der Waals surface area (Å²) < 4.78 is 0. The van der Waals surface area contributed by atoms with Crippen molar-refractivity contribution in [2.24, 2.45) is 23.5 Å². The normalized spacial score (nSPS) is 33.8. The third kappa shape index (κ3) is 3.81. The van der Waals surface area contributed by atoms with Crippen LogP contribution in [-0.2, 0) is 0 Å². The Kier molecular flexibility index (Phi) is 5.24. The zero-order chi connectivity index (χ0) is 14.7. The molecule has 116 valence electrons. The molecule has 0 bridgehead atoms. The van der Waals surface area contributed by atoms with Crippen molar-refractivity contribution in [2.45, 2.75) is 57.3 Å². The molecular weight excluding hydrogens is 278 g/mol. The van der Waals surface area contributed by atoms with Gasteiger partial charge >= 0.3 is 0 Å². The van der Waals surface area contributed by atoms with E-state index < -0.39 is 0 Å². The highest BCUT2D eigenvalue weighted by molar-refractivity contribution is 6.30. The smallest absolute Gasteiger partial charge is 0.0406 e. The van der Waals surface area contributed by atoms with Crippen molar-refractivity contribution in [3.63, 3.8) is 0 Å². The lowest BCUT2D eigenvalue weighted by molar-refractivity contribution is 0.162. The van der Waals surface area contributed by atoms with Gasteiger partial charge in [0.2, 0.25) is 0 Å². The van der Waals surface area contributed by atoms with Gasteiger partial charge in [0.05, 0.1) is 0 Å². The van der Waals surface area contributed by atoms with Gasteiger partial charge in [-0.25, -0.2) is 0 Å². The van der Waals surface area contributed by atoms with Gasteiger partial charge in [-0.15, -0.1) is 0 Å². The monoisotopic (exact) mass is 305 g/mol. The molecule has 0 unspecified atom stereocenters. The fourth-order valence-corrected chi connectivity index (χ4v) is 4.68. The van der Waals surface area contributed by atoms with E-state index in [1.165, 1.54) is 56.9 Å². The van der Waals surface area contributed by atoms with Crippen LogP contribution in [0, 0.1) is 17.8 Å². The van der Waals surface area contributed by atoms with E-state index in [0.717, 1.165) is 35.2 Å². The molecule has 0 radical (unpaired) electrons. The van der Waals surface area contributed by atoms with Crippen LogP contribution in [0.3, 0.4) is 0 Å². The minimum Gasteiger partial charge on any atom is -0.330 e. The van der Waals surface area contributed by atoms with Crippen molar-refractivity contribution in [3.05, 3.63) is 34.9 Å². The van der Waals surface area contributed by atoms with E-state index in [1.54, 1.807) is 0 Å². The maximum absolute atomic E-state index is 5.99. The molecule has 2 aliphatic carbocycles. The minimum absolute atomic E-state index is 0.763. The molecule has 3 rings (SSSR count). The summed E-state index contributed by atoms with van der Waals surface area (Å²) in [5.41, 5.74) is 7.30. The first-order valence-electron chi connectivity index (χ1n) is 8.71. The van der Waals surface area contributed by atoms with Gasteiger partial charge < -0.3 is 5.73 Å². The summed E-state index contributed by atoms with van der Waals surface area (Å²) in [6.07, 6.45) is 11.2. The fourth-order valence-electron chi connectivity index (χ4n) is 4.55. The van der Waals surface area contributed by atoms with Crippen LogP contribution >= 0.6 is 11.6 Å². The lowest BCUT2D eigenvalue weighted by Gasteiger charge is -2.37. The van der Waals surface area contributed by atoms with E-state index in [0.29, 0.717) is 0 Å². The Labute approximate surface area is 134 Å². The molecule has 0 saturated heterocycles. The predicted octanol–water partition coefficient (Wildman–Crippen LogP) is 5.38. The summed E-state index contributed by atoms with van der Waals surface area (Å²) in [5.74, 6) is 3.54. The Morgan fingerprint density at radius 2 is 1.33 bits per heavy atom. The van der Waals surface area contributed by atoms with Crippen LogP contribution < -0.4 is 5.73 Å². The number of hydrogen-bond donors (Lipinski definition) is 1. The van der Waals surface area contributed by atoms with Gasteiger partial charge in [-0.1, -0.05) is 23.7 Å². The van der Waals surface area contributed by atoms with E-state index in [4.69, 9.17) is 17.3 Å². The Morgan fingerprint density at radius 3 is 1.86 bits per heavy atom. The number of hydrogen-bond acceptors (Lipinski definition) is 1. The molecule has 1 aromatic carbocycles. The van der Waals surface area contributed by atoms with E-state index in [9.17, 15) is 0 Å². The van der Waals surface area contributed by atoms with Gasteiger partial charge in [0.25, 0.3) is 0 Å². The highest BCUT2D eigenvalue weighted by Gasteiger charge is 2.30. The highest BCUT2D eigenvalue weighted by atomic mass is 35.5. The molecule has 2 aliphatic rings. The van der Waals surface area contributed by atoms with Gasteiger partial charge in [-0.2, -0.15) is 0 Å². The van der Waals surface area contributed by atoms with Crippen molar-refractivity contribution >= 4 is 11.6 Å². The number of nitrogens with two attached hydrogens (primary N) is 1. The zero-order valence-electron chi connectivity index (χ0n) is 12.9. The fraction of sp³-hybridized carbons (Fsp3) is 0.684. The molecule has 0 aromatic heterocycles. The first-order valence-corrected chi connectivity index (χ1v) is 9.09. The molecule has 2 N–H and O–H groups in total. The Morgan fingerprint density at radius 1 is 0.810 bits per heavy atom. The van der Waals surface area contributed by atoms with Crippen LogP contribution in [0.15, 0.2) is 24.3 Å². The number of halogens is 1. The largest absolute Gasteiger partial charge is 0.330 e. The SMILES string of the molecule is NCC1CCC(C2CCC(c3ccc(Cl)cc3)CC2)CC1. The van der Waals surface area contributed by atoms with E-state index in [2.05, 4.69) is 12.1 Å². The summed E-state index contributed by atoms with van der Waals surface area (Å²) in [7, 11) is 0. The van der Waals surface area contributed by atoms with E-state index in [1.807, 2.05) is 12.1 Å². The second-order valence-corrected chi connectivity index (χ2v) is 7.62. The number of rotatable bonds is 3. The zero-order valence-corrected chi connectivity index (χ0v) is 13.7. The van der Waals surface area contributed by atoms with Gasteiger partial charge in [0, 0.05) is 5.02 Å². The van der Waals surface area contributed by atoms with Gasteiger partial charge in [-0.3, -0.25) is 0 Å². The molecule has 0 heterocycles. The summed E-state index contributed by atoms with van der Waals surface area (Å²) >= 11 is 5.99. The molecule has 2 fully saturated rings. The van der Waals surface area contributed by atoms with Crippen molar-refractivity contribution in [3.8, 4) is 0 Å². The second-order valence-electron chi connectivity index (χ2n) is 7.18. The van der Waals surface area contributed by atoms with E-state index in [-0.39, 0.29) is 0 Å². The van der Waals surface area contributed by atoms with Crippen LogP contribution in [0.25, 0.3) is 0 Å². The van der Waals surface area contributed by atoms with Crippen LogP contribution in [0.2, 0.25) is 5.02 Å². The molecule has 2 heteroatoms. The molecule has 21 heavy (non-hydrogen) atoms. The first kappa shape index (κ1) is 15.4. The first-order chi connectivity index (χ1) is 10.3. The lowest BCUT2D eigenvalue weighted by atomic mass is 9.68. The molecule has 1 aromatic rings. The van der Waals surface area contributed by atoms with E-state index >= 15 is 0 Å². The molecule has 0 spiro atoms. The van der Waals surface area contributed by atoms with Crippen LogP contribution in [0.4, 0.5) is 0 Å². The van der Waals surface area contributed by atoms with Crippen LogP contribution in [0.1, 0.15) is 62.8 Å². The maximum atomic E-state index is 5.99. The Hall–Kier alpha value is -0.530. The van der Waals surface area contributed by atoms with Crippen molar-refractivity contribution in [1.82, 2.24) is 0 Å². The molecule has 1 nitrogen and oxygen atoms in total. The quantitative estimate of drug-likeness (QED) is 0.797. The van der Waals surface area contributed by atoms with Crippen LogP contribution in [0.5, 0.6) is 0 Å². The molecule has 0 aliphatic heterocycles. The highest BCUT2D eigenvalue weighted by Crippen LogP contribution is 2.43. The van der Waals surface area contributed by atoms with Crippen molar-refractivity contribution in [1.29, 1.82) is 0 Å². The number of benzene rings is 1. The van der Waals surface area contributed by atoms with Crippen molar-refractivity contribution in [2.75, 3.05) is 6.54 Å². The third-order valence-electron chi connectivity index (χ3n) is 6.00. The molecule has 2 saturated carbocycles. The molecular formula is C19H28ClN. The summed E-state index contributed by atoms with van der Waals surface area (Å²) in [6.45, 7) is 0.899. The summed E-state index contributed by atoms with van der Waals surface area (Å²) in [5, 5.41) is 0.851. The van der Waals surface area contributed by atoms with Gasteiger partial charge in [0.15, 0.2) is 0 Å². The average Bonchev–Trinajstić information content (AvgIpc) is 2.56. The standard InChI is InChI=1S/C19H28ClN/c20-19-11-9-18(10-12-19)17-7-5-16(6-8-17)15-3-1-14(13-21)2-4-15/h9-12,14-17H,1-8,13,21H2. The third-order valence-corrected chi connectivity index (χ3v) is 6.26. The Balaban J connectivity index is 1.50. The lowest BCUT2D eigenvalue weighted by Crippen LogP contribution is -2.27. The Bertz CT molecular complexity index is 425. The van der Waals surface area contributed by atoms with Gasteiger partial charge in [-0.05, 0) is 99.3 Å². The van der Waals surface area contributed by atoms with Gasteiger partial charge in [0.1, 0.15) is 0 Å². The average molecular weight is 306 g/mol. The van der Waals surface area contributed by atoms with Crippen LogP contribution in [-0.4, -0.2) is 6.54 Å². The minimum atomic E-state index is 0.763. The summed E-state index contributed by atoms with van der Waals surface area (Å²) in [6, 6.07) is 8.52. The molecule has 0 atom stereocenters. The second kappa shape index (κ2) is 7.15. The summed E-state index contributed by atoms with van der Waals surface area (Å²) in [4.78, 5) is 0. The molecule has 0 amide bonds. The topological polar surface area (TPSA) is 26.0 Å².